The van der Waals surface area contributed by atoms with Gasteiger partial charge in [-0.25, -0.2) is 17.6 Å². The zero-order valence-corrected chi connectivity index (χ0v) is 21.4. The number of sulfonamides is 1. The van der Waals surface area contributed by atoms with E-state index in [-0.39, 0.29) is 36.8 Å². The summed E-state index contributed by atoms with van der Waals surface area (Å²) in [6.45, 7) is 2.30. The van der Waals surface area contributed by atoms with Crippen LogP contribution in [0, 0.1) is 5.82 Å². The van der Waals surface area contributed by atoms with Gasteiger partial charge in [-0.1, -0.05) is 11.6 Å². The number of benzene rings is 2. The molecule has 0 aliphatic carbocycles. The van der Waals surface area contributed by atoms with Crippen LogP contribution >= 0.6 is 11.6 Å². The Morgan fingerprint density at radius 1 is 1.14 bits per heavy atom. The van der Waals surface area contributed by atoms with E-state index in [1.165, 1.54) is 6.92 Å². The molecule has 0 saturated heterocycles. The quantitative estimate of drug-likeness (QED) is 0.226. The number of rotatable bonds is 9. The lowest BCUT2D eigenvalue weighted by molar-refractivity contribution is -0.242. The first-order chi connectivity index (χ1) is 17.0. The molecule has 2 aromatic rings. The first kappa shape index (κ1) is 30.0. The van der Waals surface area contributed by atoms with Crippen LogP contribution in [0.1, 0.15) is 27.2 Å². The zero-order chi connectivity index (χ0) is 28.2. The van der Waals surface area contributed by atoms with Gasteiger partial charge in [0.25, 0.3) is 10.0 Å². The van der Waals surface area contributed by atoms with Crippen LogP contribution in [0.3, 0.4) is 0 Å². The van der Waals surface area contributed by atoms with E-state index < -0.39 is 49.4 Å². The molecule has 204 valence electrons. The van der Waals surface area contributed by atoms with Crippen molar-refractivity contribution in [3.8, 4) is 5.75 Å². The Labute approximate surface area is 215 Å². The van der Waals surface area contributed by atoms with Crippen molar-refractivity contribution in [2.24, 2.45) is 0 Å². The number of alkyl halides is 3. The summed E-state index contributed by atoms with van der Waals surface area (Å²) in [4.78, 5) is 22.8. The lowest BCUT2D eigenvalue weighted by Gasteiger charge is -2.28. The Bertz CT molecular complexity index is 1270. The molecule has 0 aliphatic heterocycles. The molecular formula is C22H24ClF4N3O6S. The SMILES string of the molecule is CC(=O)NCCCN(c1cc(NC(=O)OC(C)(C)C(F)(F)F)ccc1O)S(=O)(=O)c1ccc(F)c(Cl)c1. The minimum Gasteiger partial charge on any atom is -0.506 e. The monoisotopic (exact) mass is 569 g/mol. The number of anilines is 2. The number of nitrogens with one attached hydrogen (secondary N) is 2. The molecule has 37 heavy (non-hydrogen) atoms. The molecule has 0 bridgehead atoms. The molecule has 0 spiro atoms. The van der Waals surface area contributed by atoms with Crippen LogP contribution in [0.4, 0.5) is 33.7 Å². The fourth-order valence-electron chi connectivity index (χ4n) is 2.86. The van der Waals surface area contributed by atoms with Gasteiger partial charge in [-0.15, -0.1) is 0 Å². The highest BCUT2D eigenvalue weighted by Crippen LogP contribution is 2.36. The molecule has 0 radical (unpaired) electrons. The van der Waals surface area contributed by atoms with Gasteiger partial charge in [-0.3, -0.25) is 14.4 Å². The number of aromatic hydroxyl groups is 1. The smallest absolute Gasteiger partial charge is 0.427 e. The van der Waals surface area contributed by atoms with Gasteiger partial charge in [0.05, 0.1) is 15.6 Å². The molecule has 0 unspecified atom stereocenters. The summed E-state index contributed by atoms with van der Waals surface area (Å²) in [5.41, 5.74) is -3.39. The van der Waals surface area contributed by atoms with Gasteiger partial charge in [-0.05, 0) is 56.7 Å². The number of phenols is 1. The first-order valence-corrected chi connectivity index (χ1v) is 12.4. The van der Waals surface area contributed by atoms with Crippen molar-refractivity contribution in [1.29, 1.82) is 0 Å². The van der Waals surface area contributed by atoms with E-state index in [0.29, 0.717) is 13.8 Å². The van der Waals surface area contributed by atoms with Crippen molar-refractivity contribution >= 4 is 45.0 Å². The Hall–Kier alpha value is -3.26. The second-order valence-corrected chi connectivity index (χ2v) is 10.5. The molecule has 0 atom stereocenters. The lowest BCUT2D eigenvalue weighted by atomic mass is 10.1. The van der Waals surface area contributed by atoms with Crippen LogP contribution in [0.5, 0.6) is 5.75 Å². The fraction of sp³-hybridized carbons (Fsp3) is 0.364. The molecular weight excluding hydrogens is 546 g/mol. The molecule has 0 fully saturated rings. The van der Waals surface area contributed by atoms with E-state index in [2.05, 4.69) is 15.4 Å². The van der Waals surface area contributed by atoms with Gasteiger partial charge in [0.1, 0.15) is 11.6 Å². The molecule has 3 N–H and O–H groups in total. The zero-order valence-electron chi connectivity index (χ0n) is 19.8. The van der Waals surface area contributed by atoms with Gasteiger partial charge < -0.3 is 15.2 Å². The average Bonchev–Trinajstić information content (AvgIpc) is 2.75. The van der Waals surface area contributed by atoms with Crippen molar-refractivity contribution in [1.82, 2.24) is 5.32 Å². The average molecular weight is 570 g/mol. The number of nitrogens with zero attached hydrogens (tertiary/aromatic N) is 1. The molecule has 2 aromatic carbocycles. The summed E-state index contributed by atoms with van der Waals surface area (Å²) in [5, 5.41) is 14.5. The van der Waals surface area contributed by atoms with E-state index >= 15 is 0 Å². The van der Waals surface area contributed by atoms with Gasteiger partial charge in [-0.2, -0.15) is 13.2 Å². The Morgan fingerprint density at radius 2 is 1.78 bits per heavy atom. The third kappa shape index (κ3) is 7.61. The Morgan fingerprint density at radius 3 is 2.35 bits per heavy atom. The van der Waals surface area contributed by atoms with E-state index in [1.54, 1.807) is 0 Å². The number of carbonyl (C=O) groups excluding carboxylic acids is 2. The second-order valence-electron chi connectivity index (χ2n) is 8.22. The van der Waals surface area contributed by atoms with Crippen LogP contribution in [0.2, 0.25) is 5.02 Å². The van der Waals surface area contributed by atoms with Gasteiger partial charge in [0, 0.05) is 25.7 Å². The predicted octanol–water partition coefficient (Wildman–Crippen LogP) is 4.80. The van der Waals surface area contributed by atoms with Gasteiger partial charge in [0.2, 0.25) is 11.5 Å². The number of phenolic OH excluding ortho intramolecular Hbond substituents is 1. The summed E-state index contributed by atoms with van der Waals surface area (Å²) in [6.07, 6.45) is -6.28. The predicted molar refractivity (Wildman–Crippen MR) is 128 cm³/mol. The molecule has 0 heterocycles. The highest BCUT2D eigenvalue weighted by atomic mass is 35.5. The summed E-state index contributed by atoms with van der Waals surface area (Å²) in [6, 6.07) is 5.76. The van der Waals surface area contributed by atoms with E-state index in [1.807, 2.05) is 0 Å². The minimum atomic E-state index is -4.86. The van der Waals surface area contributed by atoms with Crippen molar-refractivity contribution in [3.05, 3.63) is 47.2 Å². The maximum absolute atomic E-state index is 13.6. The normalized spacial score (nSPS) is 12.1. The van der Waals surface area contributed by atoms with E-state index in [9.17, 15) is 40.7 Å². The third-order valence-corrected chi connectivity index (χ3v) is 7.01. The molecule has 0 aliphatic rings. The highest BCUT2D eigenvalue weighted by Gasteiger charge is 2.51. The molecule has 9 nitrogen and oxygen atoms in total. The Balaban J connectivity index is 2.44. The molecule has 0 aromatic heterocycles. The van der Waals surface area contributed by atoms with Crippen molar-refractivity contribution < 1.29 is 45.4 Å². The molecule has 0 saturated carbocycles. The number of amides is 2. The van der Waals surface area contributed by atoms with Crippen LogP contribution in [0.25, 0.3) is 0 Å². The molecule has 15 heteroatoms. The largest absolute Gasteiger partial charge is 0.506 e. The summed E-state index contributed by atoms with van der Waals surface area (Å²) >= 11 is 5.73. The summed E-state index contributed by atoms with van der Waals surface area (Å²) in [5.74, 6) is -1.80. The van der Waals surface area contributed by atoms with Crippen LogP contribution in [0.15, 0.2) is 41.3 Å². The molecule has 2 rings (SSSR count). The maximum atomic E-state index is 13.6. The lowest BCUT2D eigenvalue weighted by Crippen LogP contribution is -2.44. The number of hydrogen-bond donors (Lipinski definition) is 3. The molecule has 2 amide bonds. The Kier molecular flexibility index (Phi) is 9.25. The number of hydrogen-bond acceptors (Lipinski definition) is 6. The van der Waals surface area contributed by atoms with Crippen molar-refractivity contribution in [2.45, 2.75) is 43.9 Å². The summed E-state index contributed by atoms with van der Waals surface area (Å²) in [7, 11) is -4.49. The highest BCUT2D eigenvalue weighted by molar-refractivity contribution is 7.92. The van der Waals surface area contributed by atoms with Crippen molar-refractivity contribution in [3.63, 3.8) is 0 Å². The maximum Gasteiger partial charge on any atom is 0.427 e. The van der Waals surface area contributed by atoms with Gasteiger partial charge >= 0.3 is 12.3 Å². The van der Waals surface area contributed by atoms with E-state index in [4.69, 9.17) is 11.6 Å². The van der Waals surface area contributed by atoms with Gasteiger partial charge in [0.15, 0.2) is 0 Å². The minimum absolute atomic E-state index is 0.0586. The van der Waals surface area contributed by atoms with Crippen LogP contribution in [-0.2, 0) is 19.6 Å². The summed E-state index contributed by atoms with van der Waals surface area (Å²) < 4.78 is 84.7. The van der Waals surface area contributed by atoms with E-state index in [0.717, 1.165) is 40.7 Å². The van der Waals surface area contributed by atoms with Crippen LogP contribution in [-0.4, -0.2) is 50.4 Å². The standard InChI is InChI=1S/C22H24ClF4N3O6S/c1-13(31)28-9-4-10-30(37(34,35)15-6-7-17(24)16(23)12-15)18-11-14(5-8-19(18)32)29-20(33)36-21(2,3)22(25,26)27/h5-8,11-12,32H,4,9-10H2,1-3H3,(H,28,31)(H,29,33). The first-order valence-electron chi connectivity index (χ1n) is 10.6. The third-order valence-electron chi connectivity index (χ3n) is 4.91. The van der Waals surface area contributed by atoms with Crippen molar-refractivity contribution in [2.75, 3.05) is 22.7 Å². The second kappa shape index (κ2) is 11.4. The number of carbonyl (C=O) groups is 2. The topological polar surface area (TPSA) is 125 Å². The number of ether oxygens (including phenoxy) is 1. The fourth-order valence-corrected chi connectivity index (χ4v) is 4.64. The number of halogens is 5. The van der Waals surface area contributed by atoms with Crippen LogP contribution < -0.4 is 14.9 Å².